The summed E-state index contributed by atoms with van der Waals surface area (Å²) in [5.41, 5.74) is 6.18. The Balaban J connectivity index is 0.000000704. The van der Waals surface area contributed by atoms with Gasteiger partial charge in [-0.05, 0) is 24.1 Å². The second-order valence-corrected chi connectivity index (χ2v) is 4.60. The van der Waals surface area contributed by atoms with Crippen LogP contribution in [-0.2, 0) is 6.54 Å². The fraction of sp³-hybridized carbons (Fsp3) is 0.211. The van der Waals surface area contributed by atoms with E-state index in [0.717, 1.165) is 12.3 Å². The molecule has 0 saturated carbocycles. The van der Waals surface area contributed by atoms with Gasteiger partial charge < -0.3 is 0 Å². The number of hydrogen-bond donors (Lipinski definition) is 0. The molecule has 0 fully saturated rings. The van der Waals surface area contributed by atoms with Crippen LogP contribution in [0.15, 0.2) is 59.6 Å². The topological polar surface area (TPSA) is 12.4 Å². The maximum Gasteiger partial charge on any atom is 0.0654 e. The lowest BCUT2D eigenvalue weighted by Crippen LogP contribution is -1.92. The molecule has 0 bridgehead atoms. The van der Waals surface area contributed by atoms with Crippen LogP contribution < -0.4 is 0 Å². The number of aliphatic imine (C=N–C) groups is 1. The Hall–Kier alpha value is -2.15. The number of nitrogens with zero attached hydrogens (tertiary/aromatic N) is 1. The number of hydrogen-bond acceptors (Lipinski definition) is 1. The predicted octanol–water partition coefficient (Wildman–Crippen LogP) is 5.04. The average Bonchev–Trinajstić information content (AvgIpc) is 2.92. The van der Waals surface area contributed by atoms with E-state index in [0.29, 0.717) is 0 Å². The summed E-state index contributed by atoms with van der Waals surface area (Å²) < 4.78 is 0. The smallest absolute Gasteiger partial charge is 0.0654 e. The van der Waals surface area contributed by atoms with Gasteiger partial charge in [-0.15, -0.1) is 0 Å². The Morgan fingerprint density at radius 1 is 0.900 bits per heavy atom. The van der Waals surface area contributed by atoms with Gasteiger partial charge in [-0.25, -0.2) is 0 Å². The van der Waals surface area contributed by atoms with Crippen LogP contribution in [0.2, 0.25) is 0 Å². The van der Waals surface area contributed by atoms with Crippen LogP contribution in [0.3, 0.4) is 0 Å². The van der Waals surface area contributed by atoms with Crippen molar-refractivity contribution in [2.75, 3.05) is 0 Å². The lowest BCUT2D eigenvalue weighted by atomic mass is 10.0. The molecule has 1 nitrogen and oxygen atoms in total. The van der Waals surface area contributed by atoms with Crippen molar-refractivity contribution < 1.29 is 0 Å². The fourth-order valence-corrected chi connectivity index (χ4v) is 2.16. The third-order valence-electron chi connectivity index (χ3n) is 3.22. The number of aryl methyl sites for hydroxylation is 1. The minimum absolute atomic E-state index is 0.809. The summed E-state index contributed by atoms with van der Waals surface area (Å²) in [5.74, 6) is 0. The predicted molar refractivity (Wildman–Crippen MR) is 88.2 cm³/mol. The first-order chi connectivity index (χ1) is 9.83. The summed E-state index contributed by atoms with van der Waals surface area (Å²) in [5, 5.41) is 0. The van der Waals surface area contributed by atoms with Gasteiger partial charge in [0.15, 0.2) is 0 Å². The molecule has 0 aromatic heterocycles. The summed E-state index contributed by atoms with van der Waals surface area (Å²) in [6.07, 6.45) is 4.23. The van der Waals surface area contributed by atoms with Crippen LogP contribution in [0.1, 0.15) is 36.1 Å². The molecular formula is C19H21N. The van der Waals surface area contributed by atoms with E-state index >= 15 is 0 Å². The van der Waals surface area contributed by atoms with Gasteiger partial charge in [-0.2, -0.15) is 0 Å². The molecule has 102 valence electrons. The quantitative estimate of drug-likeness (QED) is 0.720. The van der Waals surface area contributed by atoms with Gasteiger partial charge >= 0.3 is 0 Å². The molecule has 20 heavy (non-hydrogen) atoms. The van der Waals surface area contributed by atoms with E-state index in [9.17, 15) is 0 Å². The van der Waals surface area contributed by atoms with E-state index in [1.165, 1.54) is 22.3 Å². The second-order valence-electron chi connectivity index (χ2n) is 4.60. The molecule has 0 atom stereocenters. The lowest BCUT2D eigenvalue weighted by molar-refractivity contribution is 1.11. The van der Waals surface area contributed by atoms with Crippen molar-refractivity contribution in [3.05, 3.63) is 76.9 Å². The van der Waals surface area contributed by atoms with Crippen LogP contribution in [0, 0.1) is 6.92 Å². The normalized spacial score (nSPS) is 12.7. The largest absolute Gasteiger partial charge is 0.280 e. The maximum atomic E-state index is 4.57. The molecular weight excluding hydrogens is 242 g/mol. The Bertz CT molecular complexity index is 618. The van der Waals surface area contributed by atoms with Crippen LogP contribution in [0.4, 0.5) is 0 Å². The SMILES string of the molecule is CC.Cc1ccc(/C=C/C2=NCc3ccccc32)cc1. The lowest BCUT2D eigenvalue weighted by Gasteiger charge is -1.98. The summed E-state index contributed by atoms with van der Waals surface area (Å²) in [6, 6.07) is 16.9. The zero-order valence-corrected chi connectivity index (χ0v) is 12.4. The van der Waals surface area contributed by atoms with E-state index < -0.39 is 0 Å². The molecule has 1 heterocycles. The molecule has 0 amide bonds. The van der Waals surface area contributed by atoms with Gasteiger partial charge in [0, 0.05) is 5.56 Å². The Labute approximate surface area is 121 Å². The monoisotopic (exact) mass is 263 g/mol. The second kappa shape index (κ2) is 6.85. The number of fused-ring (bicyclic) bond motifs is 1. The van der Waals surface area contributed by atoms with Crippen molar-refractivity contribution in [2.24, 2.45) is 4.99 Å². The number of rotatable bonds is 2. The summed E-state index contributed by atoms with van der Waals surface area (Å²) in [7, 11) is 0. The van der Waals surface area contributed by atoms with Crippen molar-refractivity contribution in [1.29, 1.82) is 0 Å². The van der Waals surface area contributed by atoms with Gasteiger partial charge in [0.05, 0.1) is 12.3 Å². The molecule has 2 aromatic rings. The van der Waals surface area contributed by atoms with Crippen molar-refractivity contribution in [3.8, 4) is 0 Å². The van der Waals surface area contributed by atoms with Gasteiger partial charge in [-0.3, -0.25) is 4.99 Å². The average molecular weight is 263 g/mol. The standard InChI is InChI=1S/C17H15N.C2H6/c1-13-6-8-14(9-7-13)10-11-17-16-5-3-2-4-15(16)12-18-17;1-2/h2-11H,12H2,1H3;1-2H3/b11-10+;. The van der Waals surface area contributed by atoms with E-state index in [1.54, 1.807) is 0 Å². The van der Waals surface area contributed by atoms with E-state index in [2.05, 4.69) is 72.6 Å². The minimum atomic E-state index is 0.809. The van der Waals surface area contributed by atoms with Crippen molar-refractivity contribution in [2.45, 2.75) is 27.3 Å². The first kappa shape index (κ1) is 14.3. The van der Waals surface area contributed by atoms with E-state index in [-0.39, 0.29) is 0 Å². The van der Waals surface area contributed by atoms with Gasteiger partial charge in [0.25, 0.3) is 0 Å². The van der Waals surface area contributed by atoms with Crippen molar-refractivity contribution in [1.82, 2.24) is 0 Å². The third kappa shape index (κ3) is 3.24. The highest BCUT2D eigenvalue weighted by atomic mass is 14.8. The first-order valence-corrected chi connectivity index (χ1v) is 7.20. The molecule has 0 saturated heterocycles. The highest BCUT2D eigenvalue weighted by Crippen LogP contribution is 2.19. The molecule has 0 radical (unpaired) electrons. The van der Waals surface area contributed by atoms with Gasteiger partial charge in [0.1, 0.15) is 0 Å². The molecule has 0 aliphatic carbocycles. The van der Waals surface area contributed by atoms with Crippen molar-refractivity contribution in [3.63, 3.8) is 0 Å². The van der Waals surface area contributed by atoms with Crippen LogP contribution >= 0.6 is 0 Å². The van der Waals surface area contributed by atoms with E-state index in [1.807, 2.05) is 13.8 Å². The molecule has 0 spiro atoms. The molecule has 3 rings (SSSR count). The summed E-state index contributed by atoms with van der Waals surface area (Å²) in [6.45, 7) is 6.91. The Morgan fingerprint density at radius 3 is 2.35 bits per heavy atom. The van der Waals surface area contributed by atoms with Gasteiger partial charge in [-0.1, -0.05) is 74.0 Å². The molecule has 1 aliphatic heterocycles. The summed E-state index contributed by atoms with van der Waals surface area (Å²) in [4.78, 5) is 4.57. The highest BCUT2D eigenvalue weighted by Gasteiger charge is 2.11. The van der Waals surface area contributed by atoms with Crippen LogP contribution in [-0.4, -0.2) is 5.71 Å². The Kier molecular flexibility index (Phi) is 4.89. The molecule has 2 aromatic carbocycles. The number of benzene rings is 2. The zero-order chi connectivity index (χ0) is 14.4. The zero-order valence-electron chi connectivity index (χ0n) is 12.4. The highest BCUT2D eigenvalue weighted by molar-refractivity contribution is 6.13. The minimum Gasteiger partial charge on any atom is -0.280 e. The molecule has 0 N–H and O–H groups in total. The first-order valence-electron chi connectivity index (χ1n) is 7.20. The van der Waals surface area contributed by atoms with Crippen LogP contribution in [0.25, 0.3) is 6.08 Å². The fourth-order valence-electron chi connectivity index (χ4n) is 2.16. The molecule has 0 unspecified atom stereocenters. The summed E-state index contributed by atoms with van der Waals surface area (Å²) >= 11 is 0. The van der Waals surface area contributed by atoms with Crippen molar-refractivity contribution >= 4 is 11.8 Å². The number of allylic oxidation sites excluding steroid dienone is 1. The van der Waals surface area contributed by atoms with Crippen LogP contribution in [0.5, 0.6) is 0 Å². The molecule has 1 heteroatoms. The van der Waals surface area contributed by atoms with E-state index in [4.69, 9.17) is 0 Å². The maximum absolute atomic E-state index is 4.57. The third-order valence-corrected chi connectivity index (χ3v) is 3.22. The molecule has 1 aliphatic rings. The Morgan fingerprint density at radius 2 is 1.60 bits per heavy atom. The van der Waals surface area contributed by atoms with Gasteiger partial charge in [0.2, 0.25) is 0 Å².